The Labute approximate surface area is 113 Å². The Bertz CT molecular complexity index is 544. The molecule has 0 atom stereocenters. The molecule has 0 aliphatic carbocycles. The second kappa shape index (κ2) is 6.43. The van der Waals surface area contributed by atoms with Crippen LogP contribution in [0.3, 0.4) is 0 Å². The Hall–Kier alpha value is -0.750. The lowest BCUT2D eigenvalue weighted by Crippen LogP contribution is -2.05. The Morgan fingerprint density at radius 2 is 2.11 bits per heavy atom. The maximum Gasteiger partial charge on any atom is 0.294 e. The molecule has 3 N–H and O–H groups in total. The summed E-state index contributed by atoms with van der Waals surface area (Å²) in [7, 11) is -4.36. The van der Waals surface area contributed by atoms with Crippen LogP contribution in [-0.2, 0) is 19.5 Å². The maximum absolute atomic E-state index is 11.1. The molecule has 10 heteroatoms. The molecule has 0 aliphatic rings. The highest BCUT2D eigenvalue weighted by Gasteiger charge is 2.13. The summed E-state index contributed by atoms with van der Waals surface area (Å²) in [6.45, 7) is 1.61. The third-order valence-corrected chi connectivity index (χ3v) is 3.15. The van der Waals surface area contributed by atoms with Crippen LogP contribution in [0.4, 0.5) is 5.69 Å². The summed E-state index contributed by atoms with van der Waals surface area (Å²) >= 11 is 5.38. The molecule has 0 heterocycles. The molecule has 0 radical (unpaired) electrons. The smallest absolute Gasteiger partial charge is 0.294 e. The summed E-state index contributed by atoms with van der Waals surface area (Å²) in [6, 6.07) is 3.84. The molecule has 0 aliphatic heterocycles. The molecule has 18 heavy (non-hydrogen) atoms. The first kappa shape index (κ1) is 15.3. The number of hydrogen-bond acceptors (Lipinski definition) is 7. The number of thiocarbonyl (C=S) groups is 1. The van der Waals surface area contributed by atoms with Crippen molar-refractivity contribution in [1.29, 1.82) is 0 Å². The van der Waals surface area contributed by atoms with E-state index in [1.807, 2.05) is 0 Å². The van der Waals surface area contributed by atoms with Crippen molar-refractivity contribution in [1.82, 2.24) is 0 Å². The Morgan fingerprint density at radius 3 is 2.61 bits per heavy atom. The molecular formula is C8H9NO6S3. The van der Waals surface area contributed by atoms with Crippen LogP contribution in [0.25, 0.3) is 0 Å². The SMILES string of the molecule is CC(=S)Nc1cc(SOOO)cc(S(=O)(=O)O)c1. The highest BCUT2D eigenvalue weighted by atomic mass is 32.2. The summed E-state index contributed by atoms with van der Waals surface area (Å²) < 4.78 is 35.3. The lowest BCUT2D eigenvalue weighted by molar-refractivity contribution is -0.432. The Balaban J connectivity index is 3.15. The lowest BCUT2D eigenvalue weighted by Gasteiger charge is -2.08. The van der Waals surface area contributed by atoms with Gasteiger partial charge in [-0.25, -0.2) is 5.26 Å². The zero-order valence-corrected chi connectivity index (χ0v) is 11.4. The van der Waals surface area contributed by atoms with Crippen LogP contribution in [0.2, 0.25) is 0 Å². The lowest BCUT2D eigenvalue weighted by atomic mass is 10.3. The average Bonchev–Trinajstić information content (AvgIpc) is 2.24. The van der Waals surface area contributed by atoms with Gasteiger partial charge in [-0.15, -0.1) is 4.33 Å². The first-order valence-electron chi connectivity index (χ1n) is 4.38. The molecule has 0 bridgehead atoms. The molecule has 0 saturated carbocycles. The number of rotatable bonds is 5. The van der Waals surface area contributed by atoms with Crippen LogP contribution in [-0.4, -0.2) is 23.2 Å². The van der Waals surface area contributed by atoms with Crippen LogP contribution >= 0.6 is 24.3 Å². The quantitative estimate of drug-likeness (QED) is 0.248. The van der Waals surface area contributed by atoms with Crippen molar-refractivity contribution in [2.45, 2.75) is 16.7 Å². The van der Waals surface area contributed by atoms with Gasteiger partial charge in [-0.2, -0.15) is 8.42 Å². The van der Waals surface area contributed by atoms with Gasteiger partial charge in [0.15, 0.2) is 0 Å². The molecule has 1 aromatic carbocycles. The van der Waals surface area contributed by atoms with Crippen LogP contribution < -0.4 is 5.32 Å². The van der Waals surface area contributed by atoms with Gasteiger partial charge >= 0.3 is 0 Å². The number of anilines is 1. The van der Waals surface area contributed by atoms with Gasteiger partial charge in [-0.3, -0.25) is 4.55 Å². The van der Waals surface area contributed by atoms with Crippen molar-refractivity contribution in [2.75, 3.05) is 5.32 Å². The summed E-state index contributed by atoms with van der Waals surface area (Å²) in [6.07, 6.45) is 0. The van der Waals surface area contributed by atoms with Crippen LogP contribution in [0.15, 0.2) is 28.0 Å². The fraction of sp³-hybridized carbons (Fsp3) is 0.125. The molecule has 1 aromatic rings. The maximum atomic E-state index is 11.1. The van der Waals surface area contributed by atoms with Crippen molar-refractivity contribution in [2.24, 2.45) is 0 Å². The fourth-order valence-electron chi connectivity index (χ4n) is 1.10. The molecule has 0 amide bonds. The number of nitrogens with one attached hydrogen (secondary N) is 1. The third kappa shape index (κ3) is 4.86. The van der Waals surface area contributed by atoms with Gasteiger partial charge in [0.05, 0.1) is 21.9 Å². The van der Waals surface area contributed by atoms with E-state index in [4.69, 9.17) is 22.0 Å². The van der Waals surface area contributed by atoms with E-state index < -0.39 is 10.1 Å². The highest BCUT2D eigenvalue weighted by Crippen LogP contribution is 2.27. The largest absolute Gasteiger partial charge is 0.350 e. The minimum absolute atomic E-state index is 0.276. The van der Waals surface area contributed by atoms with Gasteiger partial charge in [0.1, 0.15) is 0 Å². The number of benzene rings is 1. The van der Waals surface area contributed by atoms with Gasteiger partial charge < -0.3 is 5.32 Å². The van der Waals surface area contributed by atoms with Crippen LogP contribution in [0, 0.1) is 0 Å². The van der Waals surface area contributed by atoms with Crippen LogP contribution in [0.1, 0.15) is 6.92 Å². The van der Waals surface area contributed by atoms with Gasteiger partial charge in [0, 0.05) is 10.6 Å². The second-order valence-electron chi connectivity index (χ2n) is 3.08. The monoisotopic (exact) mass is 311 g/mol. The minimum Gasteiger partial charge on any atom is -0.350 e. The van der Waals surface area contributed by atoms with E-state index in [-0.39, 0.29) is 9.79 Å². The standard InChI is InChI=1S/C8H9NO6S3/c1-5(16)9-6-2-7(17-15-14-10)4-8(3-6)18(11,12)13/h2-4,10H,1H3,(H,9,16)(H,11,12,13). The van der Waals surface area contributed by atoms with Gasteiger partial charge in [0.25, 0.3) is 10.1 Å². The predicted octanol–water partition coefficient (Wildman–Crippen LogP) is 2.12. The second-order valence-corrected chi connectivity index (χ2v) is 5.88. The Kier molecular flexibility index (Phi) is 5.47. The van der Waals surface area contributed by atoms with Crippen molar-refractivity contribution in [3.8, 4) is 0 Å². The predicted molar refractivity (Wildman–Crippen MR) is 68.8 cm³/mol. The molecule has 1 rings (SSSR count). The van der Waals surface area contributed by atoms with Gasteiger partial charge in [-0.05, 0) is 25.1 Å². The van der Waals surface area contributed by atoms with E-state index in [1.54, 1.807) is 6.92 Å². The topological polar surface area (TPSA) is 105 Å². The van der Waals surface area contributed by atoms with Crippen molar-refractivity contribution < 1.29 is 27.6 Å². The fourth-order valence-corrected chi connectivity index (χ4v) is 2.30. The molecule has 0 aromatic heterocycles. The average molecular weight is 311 g/mol. The first-order valence-corrected chi connectivity index (χ1v) is 6.97. The van der Waals surface area contributed by atoms with Crippen molar-refractivity contribution in [3.05, 3.63) is 18.2 Å². The molecule has 7 nitrogen and oxygen atoms in total. The van der Waals surface area contributed by atoms with Crippen molar-refractivity contribution in [3.63, 3.8) is 0 Å². The van der Waals surface area contributed by atoms with Gasteiger partial charge in [0.2, 0.25) is 0 Å². The summed E-state index contributed by atoms with van der Waals surface area (Å²) in [5, 5.41) is 14.1. The molecule has 100 valence electrons. The molecule has 0 unspecified atom stereocenters. The van der Waals surface area contributed by atoms with Gasteiger partial charge in [-0.1, -0.05) is 17.3 Å². The highest BCUT2D eigenvalue weighted by molar-refractivity contribution is 7.94. The van der Waals surface area contributed by atoms with E-state index in [0.717, 1.165) is 6.07 Å². The van der Waals surface area contributed by atoms with E-state index in [2.05, 4.69) is 14.7 Å². The molecule has 0 spiro atoms. The summed E-state index contributed by atoms with van der Waals surface area (Å²) in [5.41, 5.74) is 0.349. The minimum atomic E-state index is -4.36. The number of hydrogen-bond donors (Lipinski definition) is 3. The van der Waals surface area contributed by atoms with E-state index in [0.29, 0.717) is 22.7 Å². The zero-order chi connectivity index (χ0) is 13.8. The normalized spacial score (nSPS) is 11.3. The van der Waals surface area contributed by atoms with E-state index >= 15 is 0 Å². The summed E-state index contributed by atoms with van der Waals surface area (Å²) in [5.74, 6) is 0. The first-order chi connectivity index (χ1) is 8.32. The zero-order valence-electron chi connectivity index (χ0n) is 8.98. The van der Waals surface area contributed by atoms with E-state index in [1.165, 1.54) is 12.1 Å². The third-order valence-electron chi connectivity index (χ3n) is 1.66. The van der Waals surface area contributed by atoms with Crippen molar-refractivity contribution >= 4 is 45.1 Å². The summed E-state index contributed by atoms with van der Waals surface area (Å²) in [4.78, 5) is 0.350. The molecule has 0 fully saturated rings. The molecule has 0 saturated heterocycles. The Morgan fingerprint density at radius 1 is 1.44 bits per heavy atom. The van der Waals surface area contributed by atoms with Crippen LogP contribution in [0.5, 0.6) is 0 Å². The molecular weight excluding hydrogens is 302 g/mol. The van der Waals surface area contributed by atoms with E-state index in [9.17, 15) is 8.42 Å².